The van der Waals surface area contributed by atoms with E-state index >= 15 is 0 Å². The van der Waals surface area contributed by atoms with Crippen LogP contribution in [0.1, 0.15) is 17.0 Å². The molecule has 0 aliphatic carbocycles. The van der Waals surface area contributed by atoms with Crippen LogP contribution in [0.5, 0.6) is 0 Å². The SMILES string of the molecule is Cc1cc(-n2c(-c3[c-]cc(C)c4c3oc3cc(F)ccc34)nc3ccccc32)cc(C)n1.[CH3][Ge]([CH3])([CH3])[c]1ccc(-c2[c-]cccc2)nc1.[Ir]. The summed E-state index contributed by atoms with van der Waals surface area (Å²) in [7, 11) is 0. The van der Waals surface area contributed by atoms with Crippen molar-refractivity contribution in [3.05, 3.63) is 138 Å². The number of para-hydroxylation sites is 2. The molecule has 0 unspecified atom stereocenters. The number of aryl methyl sites for hydroxylation is 3. The van der Waals surface area contributed by atoms with Crippen LogP contribution in [0.4, 0.5) is 4.39 Å². The number of fused-ring (bicyclic) bond motifs is 4. The molecule has 8 rings (SSSR count). The van der Waals surface area contributed by atoms with Crippen molar-refractivity contribution >= 4 is 50.6 Å². The van der Waals surface area contributed by atoms with E-state index in [4.69, 9.17) is 9.40 Å². The molecule has 0 saturated heterocycles. The van der Waals surface area contributed by atoms with Gasteiger partial charge in [0.1, 0.15) is 11.4 Å². The molecule has 8 heteroatoms. The Morgan fingerprint density at radius 2 is 1.57 bits per heavy atom. The Hall–Kier alpha value is -4.43. The van der Waals surface area contributed by atoms with E-state index in [1.54, 1.807) is 6.07 Å². The van der Waals surface area contributed by atoms with Crippen molar-refractivity contribution < 1.29 is 28.9 Å². The van der Waals surface area contributed by atoms with Crippen LogP contribution in [0, 0.1) is 38.7 Å². The molecular weight excluding hydrogens is 848 g/mol. The summed E-state index contributed by atoms with van der Waals surface area (Å²) in [6.07, 6.45) is 2.04. The van der Waals surface area contributed by atoms with Gasteiger partial charge >= 0.3 is 99.8 Å². The zero-order chi connectivity index (χ0) is 33.6. The van der Waals surface area contributed by atoms with Crippen LogP contribution >= 0.6 is 0 Å². The summed E-state index contributed by atoms with van der Waals surface area (Å²) in [4.78, 5) is 14.0. The minimum absolute atomic E-state index is 0. The summed E-state index contributed by atoms with van der Waals surface area (Å²) in [6, 6.07) is 37.6. The zero-order valence-corrected chi connectivity index (χ0v) is 32.7. The number of furan rings is 1. The first-order valence-corrected chi connectivity index (χ1v) is 23.3. The number of benzene rings is 4. The van der Waals surface area contributed by atoms with Gasteiger partial charge in [0.05, 0.1) is 22.4 Å². The van der Waals surface area contributed by atoms with Gasteiger partial charge in [0, 0.05) is 48.6 Å². The van der Waals surface area contributed by atoms with E-state index in [-0.39, 0.29) is 25.9 Å². The summed E-state index contributed by atoms with van der Waals surface area (Å²) < 4.78 is 23.7. The smallest absolute Gasteiger partial charge is 0 e. The molecule has 0 atom stereocenters. The summed E-state index contributed by atoms with van der Waals surface area (Å²) >= 11 is -1.72. The van der Waals surface area contributed by atoms with Crippen molar-refractivity contribution in [2.24, 2.45) is 0 Å². The number of rotatable bonds is 4. The van der Waals surface area contributed by atoms with Gasteiger partial charge in [-0.2, -0.15) is 0 Å². The van der Waals surface area contributed by atoms with Gasteiger partial charge in [-0.3, -0.25) is 9.97 Å². The molecular formula is C41H35FGeIrN4O-2. The molecule has 0 amide bonds. The Morgan fingerprint density at radius 3 is 2.27 bits per heavy atom. The van der Waals surface area contributed by atoms with Gasteiger partial charge < -0.3 is 8.98 Å². The van der Waals surface area contributed by atoms with Crippen molar-refractivity contribution in [1.29, 1.82) is 0 Å². The van der Waals surface area contributed by atoms with Gasteiger partial charge in [0.15, 0.2) is 0 Å². The van der Waals surface area contributed by atoms with E-state index in [1.165, 1.54) is 16.5 Å². The van der Waals surface area contributed by atoms with Crippen LogP contribution in [0.2, 0.25) is 17.3 Å². The molecule has 0 saturated carbocycles. The largest absolute Gasteiger partial charge is 0 e. The van der Waals surface area contributed by atoms with E-state index in [9.17, 15) is 4.39 Å². The zero-order valence-electron chi connectivity index (χ0n) is 28.2. The summed E-state index contributed by atoms with van der Waals surface area (Å²) in [5.74, 6) is 7.54. The number of halogens is 1. The molecule has 49 heavy (non-hydrogen) atoms. The van der Waals surface area contributed by atoms with Gasteiger partial charge in [-0.1, -0.05) is 30.0 Å². The summed E-state index contributed by atoms with van der Waals surface area (Å²) in [5.41, 5.74) is 9.71. The first-order chi connectivity index (χ1) is 23.1. The van der Waals surface area contributed by atoms with E-state index in [0.29, 0.717) is 11.2 Å². The Kier molecular flexibility index (Phi) is 9.72. The van der Waals surface area contributed by atoms with Crippen molar-refractivity contribution in [2.45, 2.75) is 38.0 Å². The molecule has 8 aromatic rings. The number of hydrogen-bond acceptors (Lipinski definition) is 4. The molecule has 5 nitrogen and oxygen atoms in total. The number of hydrogen-bond donors (Lipinski definition) is 0. The van der Waals surface area contributed by atoms with Gasteiger partial charge in [0.2, 0.25) is 0 Å². The molecule has 0 aliphatic rings. The molecule has 4 heterocycles. The van der Waals surface area contributed by atoms with Crippen LogP contribution < -0.4 is 4.40 Å². The Balaban J connectivity index is 0.000000208. The maximum Gasteiger partial charge on any atom is 0 e. The monoisotopic (exact) mass is 885 g/mol. The van der Waals surface area contributed by atoms with E-state index < -0.39 is 13.3 Å². The third-order valence-electron chi connectivity index (χ3n) is 8.43. The van der Waals surface area contributed by atoms with Crippen molar-refractivity contribution in [1.82, 2.24) is 19.5 Å². The van der Waals surface area contributed by atoms with Crippen LogP contribution in [0.3, 0.4) is 0 Å². The Bertz CT molecular complexity index is 2410. The van der Waals surface area contributed by atoms with Crippen molar-refractivity contribution in [3.8, 4) is 28.3 Å². The normalized spacial score (nSPS) is 11.4. The average molecular weight is 884 g/mol. The molecule has 0 spiro atoms. The second-order valence-corrected chi connectivity index (χ2v) is 23.8. The fourth-order valence-corrected chi connectivity index (χ4v) is 8.24. The number of pyridine rings is 2. The Labute approximate surface area is 302 Å². The predicted octanol–water partition coefficient (Wildman–Crippen LogP) is 9.94. The molecule has 4 aromatic carbocycles. The fourth-order valence-electron chi connectivity index (χ4n) is 6.07. The molecule has 1 radical (unpaired) electrons. The van der Waals surface area contributed by atoms with Crippen molar-refractivity contribution in [3.63, 3.8) is 0 Å². The number of nitrogens with zero attached hydrogens (tertiary/aromatic N) is 4. The minimum atomic E-state index is -1.72. The summed E-state index contributed by atoms with van der Waals surface area (Å²) in [5, 5.41) is 1.84. The van der Waals surface area contributed by atoms with E-state index in [1.807, 2.05) is 87.6 Å². The first kappa shape index (κ1) is 34.4. The number of imidazole rings is 1. The standard InChI is InChI=1S/C27H19FN3O.C14H16GeN.Ir/c1-15-8-10-21(26-25(15)20-11-9-18(28)14-24(20)32-26)27-30-22-6-4-5-7-23(22)31(27)19-12-16(2)29-17(3)13-19;1-15(2,3)13-9-10-14(16-11-13)12-7-5-4-6-8-12;/h4-9,11-14H,1-3H3;4-7,9-11H,1-3H3;/q2*-1;. The molecule has 0 fully saturated rings. The van der Waals surface area contributed by atoms with Crippen LogP contribution in [-0.4, -0.2) is 32.8 Å². The van der Waals surface area contributed by atoms with Crippen LogP contribution in [0.25, 0.3) is 61.3 Å². The fraction of sp³-hybridized carbons (Fsp3) is 0.146. The second-order valence-electron chi connectivity index (χ2n) is 13.1. The molecule has 247 valence electrons. The first-order valence-electron chi connectivity index (χ1n) is 16.0. The van der Waals surface area contributed by atoms with Gasteiger partial charge in [-0.15, -0.1) is 17.7 Å². The van der Waals surface area contributed by atoms with Gasteiger partial charge in [-0.25, -0.2) is 4.39 Å². The summed E-state index contributed by atoms with van der Waals surface area (Å²) in [6.45, 7) is 5.98. The quantitative estimate of drug-likeness (QED) is 0.131. The Morgan fingerprint density at radius 1 is 0.816 bits per heavy atom. The molecule has 0 N–H and O–H groups in total. The predicted molar refractivity (Wildman–Crippen MR) is 196 cm³/mol. The van der Waals surface area contributed by atoms with E-state index in [2.05, 4.69) is 62.1 Å². The van der Waals surface area contributed by atoms with E-state index in [0.717, 1.165) is 67.1 Å². The molecule has 0 aliphatic heterocycles. The maximum absolute atomic E-state index is 13.9. The van der Waals surface area contributed by atoms with Gasteiger partial charge in [-0.05, 0) is 50.2 Å². The van der Waals surface area contributed by atoms with Gasteiger partial charge in [0.25, 0.3) is 0 Å². The molecule has 0 bridgehead atoms. The second kappa shape index (κ2) is 13.8. The topological polar surface area (TPSA) is 56.7 Å². The number of aromatic nitrogens is 4. The average Bonchev–Trinajstić information content (AvgIpc) is 3.64. The van der Waals surface area contributed by atoms with Crippen LogP contribution in [0.15, 0.2) is 108 Å². The van der Waals surface area contributed by atoms with Crippen LogP contribution in [-0.2, 0) is 20.1 Å². The third kappa shape index (κ3) is 6.89. The minimum Gasteiger partial charge on any atom is 0 e. The van der Waals surface area contributed by atoms with Crippen molar-refractivity contribution in [2.75, 3.05) is 0 Å². The molecule has 4 aromatic heterocycles. The maximum atomic E-state index is 13.9. The third-order valence-corrected chi connectivity index (χ3v) is 12.7.